The number of hydrogen-bond acceptors (Lipinski definition) is 0. The molecule has 3 N–H and O–H groups in total. The summed E-state index contributed by atoms with van der Waals surface area (Å²) < 4.78 is 0. The van der Waals surface area contributed by atoms with E-state index < -0.39 is 16.4 Å². The summed E-state index contributed by atoms with van der Waals surface area (Å²) in [5.41, 5.74) is 4.02. The Morgan fingerprint density at radius 1 is 1.11 bits per heavy atom. The van der Waals surface area contributed by atoms with Crippen LogP contribution >= 0.6 is 26.8 Å². The van der Waals surface area contributed by atoms with Crippen molar-refractivity contribution in [1.29, 1.82) is 0 Å². The second-order valence-corrected chi connectivity index (χ2v) is 15.5. The zero-order valence-corrected chi connectivity index (χ0v) is 11.0. The van der Waals surface area contributed by atoms with Crippen molar-refractivity contribution in [3.63, 3.8) is 0 Å². The Hall–Kier alpha value is 1.63. The molecule has 0 aliphatic carbocycles. The summed E-state index contributed by atoms with van der Waals surface area (Å²) in [5, 5.41) is 0. The zero-order chi connectivity index (χ0) is 8.08. The fourth-order valence-corrected chi connectivity index (χ4v) is 0. The van der Waals surface area contributed by atoms with Gasteiger partial charge in [0.05, 0.1) is 5.54 Å². The van der Waals surface area contributed by atoms with Gasteiger partial charge in [-0.25, -0.2) is 0 Å². The van der Waals surface area contributed by atoms with Crippen molar-refractivity contribution < 1.29 is 5.73 Å². The molecule has 0 atom stereocenters. The number of hydrogen-bond donors (Lipinski definition) is 1. The SMILES string of the molecule is CC(C)(C)[NH3+].[Cl][Sn-]([Cl])[Cl]. The van der Waals surface area contributed by atoms with Crippen molar-refractivity contribution >= 4 is 43.1 Å². The van der Waals surface area contributed by atoms with Crippen molar-refractivity contribution in [2.45, 2.75) is 26.3 Å². The maximum atomic E-state index is 5.00. The molecular formula is C4H12Cl3NSn. The predicted octanol–water partition coefficient (Wildman–Crippen LogP) is 1.71. The van der Waals surface area contributed by atoms with E-state index in [0.29, 0.717) is 0 Å². The van der Waals surface area contributed by atoms with E-state index in [4.69, 9.17) is 26.8 Å². The molecule has 0 saturated carbocycles. The molecule has 0 bridgehead atoms. The molecule has 0 heterocycles. The number of halogens is 3. The molecule has 0 saturated heterocycles. The molecule has 0 aliphatic rings. The van der Waals surface area contributed by atoms with Gasteiger partial charge in [-0.3, -0.25) is 0 Å². The van der Waals surface area contributed by atoms with Gasteiger partial charge in [-0.05, 0) is 20.8 Å². The molecule has 0 fully saturated rings. The third-order valence-corrected chi connectivity index (χ3v) is 0. The summed E-state index contributed by atoms with van der Waals surface area (Å²) in [6.07, 6.45) is 0. The Labute approximate surface area is 74.7 Å². The Morgan fingerprint density at radius 3 is 1.11 bits per heavy atom. The van der Waals surface area contributed by atoms with E-state index in [9.17, 15) is 0 Å². The van der Waals surface area contributed by atoms with E-state index in [1.807, 2.05) is 0 Å². The van der Waals surface area contributed by atoms with Crippen molar-refractivity contribution in [3.05, 3.63) is 0 Å². The topological polar surface area (TPSA) is 27.6 Å². The van der Waals surface area contributed by atoms with E-state index in [2.05, 4.69) is 26.5 Å². The molecule has 0 aromatic carbocycles. The van der Waals surface area contributed by atoms with Gasteiger partial charge in [0.1, 0.15) is 0 Å². The first-order valence-electron chi connectivity index (χ1n) is 2.42. The molecule has 0 unspecified atom stereocenters. The second-order valence-electron chi connectivity index (χ2n) is 2.77. The van der Waals surface area contributed by atoms with Crippen LogP contribution in [0.25, 0.3) is 0 Å². The number of rotatable bonds is 0. The summed E-state index contributed by atoms with van der Waals surface area (Å²) in [6.45, 7) is 6.23. The third kappa shape index (κ3) is 211. The Morgan fingerprint density at radius 2 is 1.11 bits per heavy atom. The minimum atomic E-state index is -2.13. The van der Waals surface area contributed by atoms with Crippen molar-refractivity contribution in [3.8, 4) is 0 Å². The van der Waals surface area contributed by atoms with Crippen LogP contribution in [0.15, 0.2) is 0 Å². The van der Waals surface area contributed by atoms with Gasteiger partial charge in [0.25, 0.3) is 0 Å². The second kappa shape index (κ2) is 6.35. The Kier molecular flexibility index (Phi) is 9.33. The standard InChI is InChI=1S/C4H11N.3ClH.Sn/c1-4(2,3)5;;;;/h5H2,1-3H3;3*1H;/q;;;;+2/p-2. The minimum absolute atomic E-state index is 0.250. The molecule has 9 heavy (non-hydrogen) atoms. The predicted molar refractivity (Wildman–Crippen MR) is 46.0 cm³/mol. The molecule has 0 aromatic rings. The monoisotopic (exact) mass is 299 g/mol. The van der Waals surface area contributed by atoms with Crippen molar-refractivity contribution in [2.75, 3.05) is 0 Å². The Balaban J connectivity index is 0. The van der Waals surface area contributed by atoms with Crippen LogP contribution in [0.2, 0.25) is 0 Å². The van der Waals surface area contributed by atoms with Crippen LogP contribution in [0.3, 0.4) is 0 Å². The summed E-state index contributed by atoms with van der Waals surface area (Å²) in [5.74, 6) is 0. The molecule has 0 amide bonds. The van der Waals surface area contributed by atoms with E-state index in [0.717, 1.165) is 0 Å². The average Bonchev–Trinajstić information content (AvgIpc) is 1.19. The molecule has 0 spiro atoms. The van der Waals surface area contributed by atoms with Gasteiger partial charge in [-0.1, -0.05) is 0 Å². The van der Waals surface area contributed by atoms with E-state index in [1.54, 1.807) is 0 Å². The van der Waals surface area contributed by atoms with Gasteiger partial charge < -0.3 is 5.73 Å². The van der Waals surface area contributed by atoms with E-state index in [-0.39, 0.29) is 5.54 Å². The normalized spacial score (nSPS) is 10.7. The molecule has 1 nitrogen and oxygen atoms in total. The molecule has 0 aliphatic heterocycles. The molecular weight excluding hydrogens is 287 g/mol. The molecule has 0 aromatic heterocycles. The molecule has 5 heteroatoms. The fourth-order valence-electron chi connectivity index (χ4n) is 0. The van der Waals surface area contributed by atoms with E-state index in [1.165, 1.54) is 0 Å². The van der Waals surface area contributed by atoms with Crippen LogP contribution in [0, 0.1) is 0 Å². The Bertz CT molecular complexity index is 52.6. The first-order chi connectivity index (χ1) is 3.73. The van der Waals surface area contributed by atoms with Crippen LogP contribution in [-0.4, -0.2) is 21.9 Å². The van der Waals surface area contributed by atoms with Crippen LogP contribution in [0.4, 0.5) is 0 Å². The number of quaternary nitrogens is 1. The van der Waals surface area contributed by atoms with Crippen LogP contribution in [0.5, 0.6) is 0 Å². The van der Waals surface area contributed by atoms with Gasteiger partial charge in [0.2, 0.25) is 0 Å². The summed E-state index contributed by atoms with van der Waals surface area (Å²) in [6, 6.07) is 0. The van der Waals surface area contributed by atoms with E-state index >= 15 is 0 Å². The molecule has 0 rings (SSSR count). The van der Waals surface area contributed by atoms with Gasteiger partial charge in [-0.2, -0.15) is 0 Å². The van der Waals surface area contributed by atoms with Gasteiger partial charge in [0, 0.05) is 0 Å². The molecule has 0 radical (unpaired) electrons. The van der Waals surface area contributed by atoms with Crippen LogP contribution in [-0.2, 0) is 0 Å². The summed E-state index contributed by atoms with van der Waals surface area (Å²) >= 11 is -2.13. The summed E-state index contributed by atoms with van der Waals surface area (Å²) in [4.78, 5) is 0. The first kappa shape index (κ1) is 13.2. The summed E-state index contributed by atoms with van der Waals surface area (Å²) in [7, 11) is 15.0. The average molecular weight is 299 g/mol. The van der Waals surface area contributed by atoms with Gasteiger partial charge in [0.15, 0.2) is 0 Å². The van der Waals surface area contributed by atoms with Crippen molar-refractivity contribution in [2.24, 2.45) is 0 Å². The van der Waals surface area contributed by atoms with Crippen molar-refractivity contribution in [1.82, 2.24) is 0 Å². The zero-order valence-electron chi connectivity index (χ0n) is 5.84. The van der Waals surface area contributed by atoms with Crippen LogP contribution < -0.4 is 5.73 Å². The first-order valence-corrected chi connectivity index (χ1v) is 13.3. The fraction of sp³-hybridized carbons (Fsp3) is 1.00. The maximum absolute atomic E-state index is 5.00. The molecule has 58 valence electrons. The quantitative estimate of drug-likeness (QED) is 0.660. The van der Waals surface area contributed by atoms with Gasteiger partial charge >= 0.3 is 43.1 Å². The third-order valence-electron chi connectivity index (χ3n) is 0. The van der Waals surface area contributed by atoms with Crippen LogP contribution in [0.1, 0.15) is 20.8 Å². The van der Waals surface area contributed by atoms with Gasteiger partial charge in [-0.15, -0.1) is 0 Å².